The lowest BCUT2D eigenvalue weighted by atomic mass is 10.2. The molecule has 1 nitrogen and oxygen atoms in total. The van der Waals surface area contributed by atoms with E-state index in [0.29, 0.717) is 0 Å². The third-order valence-corrected chi connectivity index (χ3v) is 1.71. The summed E-state index contributed by atoms with van der Waals surface area (Å²) in [5.74, 6) is 0.254. The fraction of sp³-hybridized carbons (Fsp3) is 0. The monoisotopic (exact) mass is 198 g/mol. The lowest BCUT2D eigenvalue weighted by Gasteiger charge is -1.97. The first-order valence-corrected chi connectivity index (χ1v) is 3.64. The summed E-state index contributed by atoms with van der Waals surface area (Å²) in [6.45, 7) is 3.55. The van der Waals surface area contributed by atoms with Gasteiger partial charge in [0.1, 0.15) is 5.75 Å². The van der Waals surface area contributed by atoms with Gasteiger partial charge in [0.25, 0.3) is 0 Å². The molecule has 0 unspecified atom stereocenters. The van der Waals surface area contributed by atoms with Gasteiger partial charge in [-0.15, -0.1) is 0 Å². The highest BCUT2D eigenvalue weighted by Gasteiger charge is 1.95. The minimum atomic E-state index is 0.254. The Morgan fingerprint density at radius 1 is 1.50 bits per heavy atom. The molecule has 0 fully saturated rings. The average Bonchev–Trinajstić information content (AvgIpc) is 1.88. The molecule has 0 aliphatic heterocycles. The molecule has 1 rings (SSSR count). The number of aromatic hydroxyl groups is 1. The largest absolute Gasteiger partial charge is 0.507 e. The molecule has 0 spiro atoms. The maximum Gasteiger partial charge on any atom is 0.123 e. The van der Waals surface area contributed by atoms with Crippen LogP contribution in [0.5, 0.6) is 5.75 Å². The van der Waals surface area contributed by atoms with E-state index in [0.717, 1.165) is 10.0 Å². The molecule has 52 valence electrons. The Bertz CT molecular complexity index is 255. The number of phenols is 1. The zero-order chi connectivity index (χ0) is 7.56. The Morgan fingerprint density at radius 3 is 2.70 bits per heavy atom. The summed E-state index contributed by atoms with van der Waals surface area (Å²) in [5, 5.41) is 9.19. The molecule has 0 heterocycles. The third-order valence-electron chi connectivity index (χ3n) is 1.21. The van der Waals surface area contributed by atoms with Crippen molar-refractivity contribution in [2.45, 2.75) is 0 Å². The van der Waals surface area contributed by atoms with E-state index < -0.39 is 0 Å². The Hall–Kier alpha value is -0.760. The molecule has 0 aliphatic carbocycles. The van der Waals surface area contributed by atoms with Crippen LogP contribution in [0.25, 0.3) is 6.08 Å². The van der Waals surface area contributed by atoms with E-state index in [1.54, 1.807) is 18.2 Å². The van der Waals surface area contributed by atoms with Crippen LogP contribution in [-0.2, 0) is 0 Å². The Labute approximate surface area is 68.1 Å². The second-order valence-corrected chi connectivity index (χ2v) is 2.82. The number of hydrogen-bond donors (Lipinski definition) is 1. The van der Waals surface area contributed by atoms with Crippen molar-refractivity contribution in [2.75, 3.05) is 0 Å². The van der Waals surface area contributed by atoms with Crippen LogP contribution in [0.4, 0.5) is 0 Å². The fourth-order valence-electron chi connectivity index (χ4n) is 0.689. The minimum Gasteiger partial charge on any atom is -0.507 e. The lowest BCUT2D eigenvalue weighted by Crippen LogP contribution is -1.72. The summed E-state index contributed by atoms with van der Waals surface area (Å²) in [6.07, 6.45) is 1.61. The second-order valence-electron chi connectivity index (χ2n) is 1.91. The molecule has 0 atom stereocenters. The van der Waals surface area contributed by atoms with Gasteiger partial charge in [-0.05, 0) is 12.1 Å². The lowest BCUT2D eigenvalue weighted by molar-refractivity contribution is 0.473. The van der Waals surface area contributed by atoms with Gasteiger partial charge >= 0.3 is 0 Å². The summed E-state index contributed by atoms with van der Waals surface area (Å²) in [6, 6.07) is 5.29. The number of hydrogen-bond acceptors (Lipinski definition) is 1. The highest BCUT2D eigenvalue weighted by molar-refractivity contribution is 9.10. The van der Waals surface area contributed by atoms with E-state index in [1.807, 2.05) is 6.07 Å². The van der Waals surface area contributed by atoms with E-state index in [2.05, 4.69) is 22.5 Å². The summed E-state index contributed by atoms with van der Waals surface area (Å²) in [7, 11) is 0. The topological polar surface area (TPSA) is 20.2 Å². The van der Waals surface area contributed by atoms with Crippen LogP contribution >= 0.6 is 15.9 Å². The molecule has 0 aliphatic rings. The van der Waals surface area contributed by atoms with E-state index in [1.165, 1.54) is 0 Å². The first kappa shape index (κ1) is 7.35. The van der Waals surface area contributed by atoms with E-state index >= 15 is 0 Å². The van der Waals surface area contributed by atoms with Crippen LogP contribution in [0.1, 0.15) is 5.56 Å². The second kappa shape index (κ2) is 2.88. The zero-order valence-corrected chi connectivity index (χ0v) is 6.93. The minimum absolute atomic E-state index is 0.254. The first-order chi connectivity index (χ1) is 4.74. The molecule has 0 radical (unpaired) electrons. The number of rotatable bonds is 1. The van der Waals surface area contributed by atoms with Crippen LogP contribution in [0.2, 0.25) is 0 Å². The SMILES string of the molecule is C=Cc1ccc(Br)cc1O. The standard InChI is InChI=1S/C8H7BrO/c1-2-6-3-4-7(9)5-8(6)10/h2-5,10H,1H2. The van der Waals surface area contributed by atoms with Gasteiger partial charge in [0.2, 0.25) is 0 Å². The molecule has 0 saturated carbocycles. The molecule has 1 aromatic carbocycles. The molecule has 2 heteroatoms. The van der Waals surface area contributed by atoms with Crippen molar-refractivity contribution in [2.24, 2.45) is 0 Å². The molecule has 1 N–H and O–H groups in total. The van der Waals surface area contributed by atoms with Crippen molar-refractivity contribution in [3.8, 4) is 5.75 Å². The quantitative estimate of drug-likeness (QED) is 0.737. The predicted molar refractivity (Wildman–Crippen MR) is 45.9 cm³/mol. The summed E-state index contributed by atoms with van der Waals surface area (Å²) in [5.41, 5.74) is 0.753. The molecule has 0 saturated heterocycles. The zero-order valence-electron chi connectivity index (χ0n) is 5.34. The summed E-state index contributed by atoms with van der Waals surface area (Å²) < 4.78 is 0.871. The van der Waals surface area contributed by atoms with Crippen LogP contribution in [0.3, 0.4) is 0 Å². The summed E-state index contributed by atoms with van der Waals surface area (Å²) >= 11 is 3.23. The number of benzene rings is 1. The van der Waals surface area contributed by atoms with Crippen molar-refractivity contribution in [3.05, 3.63) is 34.8 Å². The van der Waals surface area contributed by atoms with Crippen molar-refractivity contribution >= 4 is 22.0 Å². The molecule has 0 amide bonds. The van der Waals surface area contributed by atoms with Gasteiger partial charge in [0, 0.05) is 10.0 Å². The third kappa shape index (κ3) is 1.39. The van der Waals surface area contributed by atoms with Gasteiger partial charge in [-0.1, -0.05) is 34.7 Å². The van der Waals surface area contributed by atoms with E-state index in [9.17, 15) is 5.11 Å². The molecule has 0 bridgehead atoms. The molecule has 1 aromatic rings. The van der Waals surface area contributed by atoms with Crippen molar-refractivity contribution in [1.82, 2.24) is 0 Å². The predicted octanol–water partition coefficient (Wildman–Crippen LogP) is 2.80. The smallest absolute Gasteiger partial charge is 0.123 e. The Balaban J connectivity index is 3.19. The van der Waals surface area contributed by atoms with Gasteiger partial charge in [0.15, 0.2) is 0 Å². The highest BCUT2D eigenvalue weighted by Crippen LogP contribution is 2.22. The van der Waals surface area contributed by atoms with Gasteiger partial charge in [-0.3, -0.25) is 0 Å². The van der Waals surface area contributed by atoms with Gasteiger partial charge in [-0.25, -0.2) is 0 Å². The van der Waals surface area contributed by atoms with Crippen molar-refractivity contribution in [3.63, 3.8) is 0 Å². The van der Waals surface area contributed by atoms with Gasteiger partial charge < -0.3 is 5.11 Å². The van der Waals surface area contributed by atoms with Crippen LogP contribution < -0.4 is 0 Å². The number of halogens is 1. The van der Waals surface area contributed by atoms with Crippen LogP contribution in [-0.4, -0.2) is 5.11 Å². The molecular weight excluding hydrogens is 192 g/mol. The fourth-order valence-corrected chi connectivity index (χ4v) is 1.04. The highest BCUT2D eigenvalue weighted by atomic mass is 79.9. The maximum atomic E-state index is 9.19. The van der Waals surface area contributed by atoms with Crippen molar-refractivity contribution < 1.29 is 5.11 Å². The molecule has 10 heavy (non-hydrogen) atoms. The Morgan fingerprint density at radius 2 is 2.20 bits per heavy atom. The van der Waals surface area contributed by atoms with E-state index in [4.69, 9.17) is 0 Å². The first-order valence-electron chi connectivity index (χ1n) is 2.85. The average molecular weight is 199 g/mol. The number of phenolic OH excluding ortho intramolecular Hbond substituents is 1. The van der Waals surface area contributed by atoms with Gasteiger partial charge in [-0.2, -0.15) is 0 Å². The van der Waals surface area contributed by atoms with Crippen molar-refractivity contribution in [1.29, 1.82) is 0 Å². The molecular formula is C8H7BrO. The van der Waals surface area contributed by atoms with Gasteiger partial charge in [0.05, 0.1) is 0 Å². The normalized spacial score (nSPS) is 9.30. The summed E-state index contributed by atoms with van der Waals surface area (Å²) in [4.78, 5) is 0. The van der Waals surface area contributed by atoms with E-state index in [-0.39, 0.29) is 5.75 Å². The Kier molecular flexibility index (Phi) is 2.12. The maximum absolute atomic E-state index is 9.19. The van der Waals surface area contributed by atoms with Crippen LogP contribution in [0.15, 0.2) is 29.3 Å². The van der Waals surface area contributed by atoms with Crippen LogP contribution in [0, 0.1) is 0 Å². The molecule has 0 aromatic heterocycles.